The van der Waals surface area contributed by atoms with Gasteiger partial charge in [0.15, 0.2) is 0 Å². The number of nitriles is 1. The van der Waals surface area contributed by atoms with Gasteiger partial charge in [0.1, 0.15) is 17.6 Å². The third kappa shape index (κ3) is 3.78. The molecule has 4 rings (SSSR count). The van der Waals surface area contributed by atoms with Crippen molar-refractivity contribution in [1.82, 2.24) is 20.4 Å². The third-order valence-corrected chi connectivity index (χ3v) is 6.00. The molecule has 0 aliphatic carbocycles. The van der Waals surface area contributed by atoms with Crippen LogP contribution in [0.3, 0.4) is 0 Å². The van der Waals surface area contributed by atoms with E-state index in [0.29, 0.717) is 43.1 Å². The third-order valence-electron chi connectivity index (χ3n) is 4.19. The van der Waals surface area contributed by atoms with Gasteiger partial charge in [0.05, 0.1) is 21.5 Å². The summed E-state index contributed by atoms with van der Waals surface area (Å²) in [6.07, 6.45) is 3.16. The number of nitrogens with zero attached hydrogens (tertiary/aromatic N) is 4. The molecule has 0 saturated heterocycles. The number of pyridine rings is 1. The van der Waals surface area contributed by atoms with Gasteiger partial charge in [-0.15, -0.1) is 11.3 Å². The van der Waals surface area contributed by atoms with E-state index in [1.165, 1.54) is 18.3 Å². The summed E-state index contributed by atoms with van der Waals surface area (Å²) in [5.41, 5.74) is 3.05. The summed E-state index contributed by atoms with van der Waals surface area (Å²) in [5, 5.41) is 24.3. The number of hydrogen-bond acceptors (Lipinski definition) is 6. The van der Waals surface area contributed by atoms with Crippen molar-refractivity contribution in [2.75, 3.05) is 5.32 Å². The number of thiophene rings is 1. The van der Waals surface area contributed by atoms with Crippen LogP contribution >= 0.6 is 34.5 Å². The Morgan fingerprint density at radius 3 is 2.73 bits per heavy atom. The van der Waals surface area contributed by atoms with E-state index in [4.69, 9.17) is 23.2 Å². The van der Waals surface area contributed by atoms with Crippen LogP contribution in [0.15, 0.2) is 42.7 Å². The van der Waals surface area contributed by atoms with E-state index < -0.39 is 0 Å². The molecule has 1 aromatic carbocycles. The molecule has 0 saturated carbocycles. The maximum atomic E-state index is 11.4. The topological polar surface area (TPSA) is 107 Å². The number of anilines is 1. The molecule has 0 radical (unpaired) electrons. The molecule has 0 bridgehead atoms. The zero-order valence-corrected chi connectivity index (χ0v) is 17.7. The first kappa shape index (κ1) is 20.0. The van der Waals surface area contributed by atoms with Crippen molar-refractivity contribution in [3.8, 4) is 38.2 Å². The van der Waals surface area contributed by atoms with E-state index in [0.717, 1.165) is 10.4 Å². The minimum Gasteiger partial charge on any atom is -0.311 e. The van der Waals surface area contributed by atoms with Gasteiger partial charge in [-0.05, 0) is 29.8 Å². The standard InChI is InChI=1S/C20H12Cl2N6OS/c1-10(29)26-17-6-11(4-5-24-17)19-14(8-23)18(13-3-2-12(21)7-15(13)22)20(30-19)16-9-25-28-27-16/h2-7,9H,1H3,(H,24,26,29)(H,25,27,28). The summed E-state index contributed by atoms with van der Waals surface area (Å²) in [5.74, 6) is 0.162. The van der Waals surface area contributed by atoms with Crippen LogP contribution in [0.1, 0.15) is 12.5 Å². The van der Waals surface area contributed by atoms with Gasteiger partial charge in [0.25, 0.3) is 0 Å². The SMILES string of the molecule is CC(=O)Nc1cc(-c2sc(-c3cn[nH]n3)c(-c3ccc(Cl)cc3Cl)c2C#N)ccn1. The van der Waals surface area contributed by atoms with Crippen LogP contribution in [0.5, 0.6) is 0 Å². The zero-order valence-electron chi connectivity index (χ0n) is 15.4. The molecule has 3 heterocycles. The Morgan fingerprint density at radius 1 is 1.23 bits per heavy atom. The van der Waals surface area contributed by atoms with Crippen LogP contribution in [-0.4, -0.2) is 26.3 Å². The monoisotopic (exact) mass is 454 g/mol. The molecule has 0 fully saturated rings. The highest BCUT2D eigenvalue weighted by atomic mass is 35.5. The van der Waals surface area contributed by atoms with Crippen molar-refractivity contribution < 1.29 is 4.79 Å². The molecule has 1 amide bonds. The summed E-state index contributed by atoms with van der Waals surface area (Å²) < 4.78 is 0. The minimum atomic E-state index is -0.233. The Labute approximate surface area is 185 Å². The lowest BCUT2D eigenvalue weighted by atomic mass is 9.98. The normalized spacial score (nSPS) is 10.6. The van der Waals surface area contributed by atoms with Crippen LogP contribution in [-0.2, 0) is 4.79 Å². The number of nitrogens with one attached hydrogen (secondary N) is 2. The van der Waals surface area contributed by atoms with Gasteiger partial charge >= 0.3 is 0 Å². The van der Waals surface area contributed by atoms with Crippen LogP contribution in [0.4, 0.5) is 5.82 Å². The first-order valence-electron chi connectivity index (χ1n) is 8.60. The quantitative estimate of drug-likeness (QED) is 0.429. The molecule has 0 atom stereocenters. The minimum absolute atomic E-state index is 0.233. The number of rotatable bonds is 4. The zero-order chi connectivity index (χ0) is 21.3. The van der Waals surface area contributed by atoms with Crippen molar-refractivity contribution in [2.45, 2.75) is 6.92 Å². The molecule has 10 heteroatoms. The van der Waals surface area contributed by atoms with E-state index in [9.17, 15) is 10.1 Å². The number of aromatic nitrogens is 4. The summed E-state index contributed by atoms with van der Waals surface area (Å²) in [7, 11) is 0. The first-order valence-corrected chi connectivity index (χ1v) is 10.2. The van der Waals surface area contributed by atoms with Gasteiger partial charge < -0.3 is 5.32 Å². The molecule has 0 aliphatic rings. The van der Waals surface area contributed by atoms with Crippen molar-refractivity contribution in [3.05, 3.63) is 58.3 Å². The van der Waals surface area contributed by atoms with Gasteiger partial charge in [0.2, 0.25) is 5.91 Å². The number of hydrogen-bond donors (Lipinski definition) is 2. The van der Waals surface area contributed by atoms with Crippen molar-refractivity contribution in [1.29, 1.82) is 5.26 Å². The summed E-state index contributed by atoms with van der Waals surface area (Å²) in [6.45, 7) is 1.41. The molecule has 30 heavy (non-hydrogen) atoms. The average Bonchev–Trinajstić information content (AvgIpc) is 3.35. The molecule has 0 aliphatic heterocycles. The van der Waals surface area contributed by atoms with Crippen molar-refractivity contribution in [2.24, 2.45) is 0 Å². The Hall–Kier alpha value is -3.25. The fraction of sp³-hybridized carbons (Fsp3) is 0.0500. The summed E-state index contributed by atoms with van der Waals surface area (Å²) >= 11 is 13.9. The molecule has 2 N–H and O–H groups in total. The Morgan fingerprint density at radius 2 is 2.07 bits per heavy atom. The molecule has 4 aromatic rings. The molecular weight excluding hydrogens is 443 g/mol. The number of halogens is 2. The van der Waals surface area contributed by atoms with Crippen LogP contribution < -0.4 is 5.32 Å². The van der Waals surface area contributed by atoms with Crippen LogP contribution in [0.25, 0.3) is 32.1 Å². The first-order chi connectivity index (χ1) is 14.5. The highest BCUT2D eigenvalue weighted by Crippen LogP contribution is 2.48. The van der Waals surface area contributed by atoms with Gasteiger partial charge in [-0.1, -0.05) is 29.3 Å². The average molecular weight is 455 g/mol. The molecule has 0 spiro atoms. The highest BCUT2D eigenvalue weighted by molar-refractivity contribution is 7.19. The smallest absolute Gasteiger partial charge is 0.222 e. The number of aromatic amines is 1. The molecule has 148 valence electrons. The maximum Gasteiger partial charge on any atom is 0.222 e. The number of benzene rings is 1. The second kappa shape index (κ2) is 8.24. The maximum absolute atomic E-state index is 11.4. The second-order valence-electron chi connectivity index (χ2n) is 6.21. The van der Waals surface area contributed by atoms with Gasteiger partial charge in [0, 0.05) is 34.3 Å². The van der Waals surface area contributed by atoms with Crippen molar-refractivity contribution in [3.63, 3.8) is 0 Å². The van der Waals surface area contributed by atoms with Crippen molar-refractivity contribution >= 4 is 46.3 Å². The van der Waals surface area contributed by atoms with Gasteiger partial charge in [-0.25, -0.2) is 4.98 Å². The Bertz CT molecular complexity index is 1290. The Balaban J connectivity index is 1.98. The highest BCUT2D eigenvalue weighted by Gasteiger charge is 2.25. The van der Waals surface area contributed by atoms with E-state index in [1.807, 2.05) is 0 Å². The predicted molar refractivity (Wildman–Crippen MR) is 117 cm³/mol. The lowest BCUT2D eigenvalue weighted by molar-refractivity contribution is -0.114. The van der Waals surface area contributed by atoms with Crippen LogP contribution in [0.2, 0.25) is 10.0 Å². The summed E-state index contributed by atoms with van der Waals surface area (Å²) in [4.78, 5) is 17.0. The predicted octanol–water partition coefficient (Wildman–Crippen LogP) is 5.40. The molecule has 0 unspecified atom stereocenters. The van der Waals surface area contributed by atoms with E-state index in [1.54, 1.807) is 42.7 Å². The van der Waals surface area contributed by atoms with E-state index >= 15 is 0 Å². The van der Waals surface area contributed by atoms with E-state index in [2.05, 4.69) is 31.8 Å². The number of amides is 1. The lowest BCUT2D eigenvalue weighted by Gasteiger charge is -2.07. The van der Waals surface area contributed by atoms with Gasteiger partial charge in [-0.3, -0.25) is 4.79 Å². The lowest BCUT2D eigenvalue weighted by Crippen LogP contribution is -2.07. The van der Waals surface area contributed by atoms with Gasteiger partial charge in [-0.2, -0.15) is 20.7 Å². The van der Waals surface area contributed by atoms with Crippen LogP contribution in [0, 0.1) is 11.3 Å². The molecule has 3 aromatic heterocycles. The number of carbonyl (C=O) groups excluding carboxylic acids is 1. The molecule has 7 nitrogen and oxygen atoms in total. The number of H-pyrrole nitrogens is 1. The number of carbonyl (C=O) groups is 1. The largest absolute Gasteiger partial charge is 0.311 e. The second-order valence-corrected chi connectivity index (χ2v) is 8.08. The Kier molecular flexibility index (Phi) is 5.50. The fourth-order valence-corrected chi connectivity index (χ4v) is 4.72. The molecular formula is C20H12Cl2N6OS. The summed E-state index contributed by atoms with van der Waals surface area (Å²) in [6, 6.07) is 10.9. The fourth-order valence-electron chi connectivity index (χ4n) is 3.00. The van der Waals surface area contributed by atoms with E-state index in [-0.39, 0.29) is 5.91 Å².